The Morgan fingerprint density at radius 1 is 1.25 bits per heavy atom. The third kappa shape index (κ3) is 2.44. The van der Waals surface area contributed by atoms with Gasteiger partial charge in [0.05, 0.1) is 10.5 Å². The summed E-state index contributed by atoms with van der Waals surface area (Å²) in [6, 6.07) is 5.70. The highest BCUT2D eigenvalue weighted by atomic mass is 127. The highest BCUT2D eigenvalue weighted by molar-refractivity contribution is 14.1. The van der Waals surface area contributed by atoms with Crippen LogP contribution >= 0.6 is 45.8 Å². The largest absolute Gasteiger partial charge is 0.252 e. The molecule has 0 spiro atoms. The summed E-state index contributed by atoms with van der Waals surface area (Å²) in [4.78, 5) is 4.62. The van der Waals surface area contributed by atoms with Crippen LogP contribution in [0.5, 0.6) is 0 Å². The van der Waals surface area contributed by atoms with E-state index in [4.69, 9.17) is 23.2 Å². The van der Waals surface area contributed by atoms with Crippen LogP contribution in [-0.2, 0) is 6.42 Å². The van der Waals surface area contributed by atoms with Gasteiger partial charge in [0, 0.05) is 19.7 Å². The van der Waals surface area contributed by atoms with Gasteiger partial charge in [0.25, 0.3) is 0 Å². The fourth-order valence-electron chi connectivity index (χ4n) is 1.65. The van der Waals surface area contributed by atoms with E-state index < -0.39 is 0 Å². The van der Waals surface area contributed by atoms with Gasteiger partial charge in [-0.25, -0.2) is 0 Å². The topological polar surface area (TPSA) is 12.9 Å². The number of benzene rings is 1. The molecule has 0 N–H and O–H groups in total. The fourth-order valence-corrected chi connectivity index (χ4v) is 3.06. The number of pyridine rings is 1. The molecule has 0 fully saturated rings. The Kier molecular flexibility index (Phi) is 3.93. The molecule has 0 aliphatic carbocycles. The monoisotopic (exact) mass is 365 g/mol. The van der Waals surface area contributed by atoms with E-state index in [1.165, 1.54) is 0 Å². The van der Waals surface area contributed by atoms with Crippen molar-refractivity contribution in [3.8, 4) is 0 Å². The standard InChI is InChI=1S/C12H10Cl2IN/c1-2-3-8-6-10(14)9-4-7(13)5-11(15)12(9)16-8/h4-6H,2-3H2,1H3. The quantitative estimate of drug-likeness (QED) is 0.675. The van der Waals surface area contributed by atoms with Crippen LogP contribution in [0.15, 0.2) is 18.2 Å². The smallest absolute Gasteiger partial charge is 0.0854 e. The van der Waals surface area contributed by atoms with Crippen molar-refractivity contribution in [2.24, 2.45) is 0 Å². The minimum Gasteiger partial charge on any atom is -0.252 e. The molecule has 4 heteroatoms. The van der Waals surface area contributed by atoms with Crippen LogP contribution in [0.4, 0.5) is 0 Å². The summed E-state index contributed by atoms with van der Waals surface area (Å²) in [5.41, 5.74) is 1.99. The second-order valence-electron chi connectivity index (χ2n) is 3.63. The van der Waals surface area contributed by atoms with Crippen molar-refractivity contribution in [2.45, 2.75) is 19.8 Å². The Morgan fingerprint density at radius 2 is 2.00 bits per heavy atom. The lowest BCUT2D eigenvalue weighted by Gasteiger charge is -2.06. The minimum atomic E-state index is 0.698. The second-order valence-corrected chi connectivity index (χ2v) is 5.64. The molecule has 0 unspecified atom stereocenters. The van der Waals surface area contributed by atoms with E-state index in [0.29, 0.717) is 5.02 Å². The molecule has 0 amide bonds. The van der Waals surface area contributed by atoms with Gasteiger partial charge in [-0.3, -0.25) is 4.98 Å². The van der Waals surface area contributed by atoms with Gasteiger partial charge in [0.2, 0.25) is 0 Å². The van der Waals surface area contributed by atoms with E-state index in [1.54, 1.807) is 0 Å². The number of hydrogen-bond acceptors (Lipinski definition) is 1. The van der Waals surface area contributed by atoms with E-state index in [-0.39, 0.29) is 0 Å². The lowest BCUT2D eigenvalue weighted by Crippen LogP contribution is -1.92. The molecule has 0 aliphatic heterocycles. The predicted octanol–water partition coefficient (Wildman–Crippen LogP) is 5.10. The van der Waals surface area contributed by atoms with Crippen LogP contribution in [-0.4, -0.2) is 4.98 Å². The Bertz CT molecular complexity index is 540. The summed E-state index contributed by atoms with van der Waals surface area (Å²) < 4.78 is 1.04. The maximum Gasteiger partial charge on any atom is 0.0854 e. The zero-order chi connectivity index (χ0) is 11.7. The highest BCUT2D eigenvalue weighted by Gasteiger charge is 2.08. The highest BCUT2D eigenvalue weighted by Crippen LogP contribution is 2.30. The summed E-state index contributed by atoms with van der Waals surface area (Å²) in [5.74, 6) is 0. The van der Waals surface area contributed by atoms with Crippen molar-refractivity contribution >= 4 is 56.7 Å². The van der Waals surface area contributed by atoms with Crippen LogP contribution in [0.25, 0.3) is 10.9 Å². The van der Waals surface area contributed by atoms with E-state index in [2.05, 4.69) is 34.5 Å². The molecule has 0 aliphatic rings. The van der Waals surface area contributed by atoms with Gasteiger partial charge in [-0.15, -0.1) is 0 Å². The van der Waals surface area contributed by atoms with E-state index in [1.807, 2.05) is 18.2 Å². The van der Waals surface area contributed by atoms with Gasteiger partial charge < -0.3 is 0 Å². The van der Waals surface area contributed by atoms with E-state index in [0.717, 1.165) is 38.0 Å². The van der Waals surface area contributed by atoms with Crippen molar-refractivity contribution in [2.75, 3.05) is 0 Å². The predicted molar refractivity (Wildman–Crippen MR) is 78.5 cm³/mol. The normalized spacial score (nSPS) is 11.0. The number of aryl methyl sites for hydroxylation is 1. The Balaban J connectivity index is 2.71. The number of nitrogens with zero attached hydrogens (tertiary/aromatic N) is 1. The summed E-state index contributed by atoms with van der Waals surface area (Å²) in [6.07, 6.45) is 2.02. The van der Waals surface area contributed by atoms with E-state index >= 15 is 0 Å². The summed E-state index contributed by atoms with van der Waals surface area (Å²) >= 11 is 14.5. The summed E-state index contributed by atoms with van der Waals surface area (Å²) in [6.45, 7) is 2.13. The van der Waals surface area contributed by atoms with Crippen LogP contribution in [0.3, 0.4) is 0 Å². The average molecular weight is 366 g/mol. The van der Waals surface area contributed by atoms with Crippen molar-refractivity contribution in [3.05, 3.63) is 37.5 Å². The van der Waals surface area contributed by atoms with Crippen molar-refractivity contribution in [1.82, 2.24) is 4.98 Å². The van der Waals surface area contributed by atoms with E-state index in [9.17, 15) is 0 Å². The number of rotatable bonds is 2. The molecule has 2 rings (SSSR count). The Hall–Kier alpha value is -0.0600. The van der Waals surface area contributed by atoms with Crippen molar-refractivity contribution < 1.29 is 0 Å². The minimum absolute atomic E-state index is 0.698. The molecule has 84 valence electrons. The molecule has 0 saturated carbocycles. The zero-order valence-electron chi connectivity index (χ0n) is 8.73. The van der Waals surface area contributed by atoms with Crippen LogP contribution < -0.4 is 0 Å². The van der Waals surface area contributed by atoms with Gasteiger partial charge in [0.15, 0.2) is 0 Å². The molecule has 0 bridgehead atoms. The van der Waals surface area contributed by atoms with Gasteiger partial charge in [-0.05, 0) is 47.2 Å². The third-order valence-electron chi connectivity index (χ3n) is 2.34. The first kappa shape index (κ1) is 12.4. The number of hydrogen-bond donors (Lipinski definition) is 0. The first-order valence-corrected chi connectivity index (χ1v) is 6.89. The molecule has 0 saturated heterocycles. The van der Waals surface area contributed by atoms with Gasteiger partial charge in [0.1, 0.15) is 0 Å². The van der Waals surface area contributed by atoms with Crippen LogP contribution in [0, 0.1) is 3.57 Å². The molecule has 16 heavy (non-hydrogen) atoms. The fraction of sp³-hybridized carbons (Fsp3) is 0.250. The molecule has 2 aromatic rings. The average Bonchev–Trinajstić information content (AvgIpc) is 2.20. The molecule has 0 atom stereocenters. The number of fused-ring (bicyclic) bond motifs is 1. The molecular weight excluding hydrogens is 356 g/mol. The molecule has 1 aromatic carbocycles. The molecule has 1 nitrogen and oxygen atoms in total. The Morgan fingerprint density at radius 3 is 2.69 bits per heavy atom. The summed E-state index contributed by atoms with van der Waals surface area (Å²) in [7, 11) is 0. The molecule has 1 aromatic heterocycles. The second kappa shape index (κ2) is 5.07. The van der Waals surface area contributed by atoms with Gasteiger partial charge >= 0.3 is 0 Å². The van der Waals surface area contributed by atoms with Crippen LogP contribution in [0.1, 0.15) is 19.0 Å². The third-order valence-corrected chi connectivity index (χ3v) is 3.69. The molecule has 1 heterocycles. The van der Waals surface area contributed by atoms with Gasteiger partial charge in [-0.1, -0.05) is 36.5 Å². The van der Waals surface area contributed by atoms with Gasteiger partial charge in [-0.2, -0.15) is 0 Å². The SMILES string of the molecule is CCCc1cc(Cl)c2cc(Cl)cc(I)c2n1. The van der Waals surface area contributed by atoms with Crippen molar-refractivity contribution in [1.29, 1.82) is 0 Å². The number of halogens is 3. The molecular formula is C12H10Cl2IN. The van der Waals surface area contributed by atoms with Crippen LogP contribution in [0.2, 0.25) is 10.0 Å². The maximum absolute atomic E-state index is 6.24. The van der Waals surface area contributed by atoms with Crippen molar-refractivity contribution in [3.63, 3.8) is 0 Å². The number of aromatic nitrogens is 1. The maximum atomic E-state index is 6.24. The zero-order valence-corrected chi connectivity index (χ0v) is 12.4. The Labute approximate surface area is 118 Å². The summed E-state index contributed by atoms with van der Waals surface area (Å²) in [5, 5.41) is 2.36. The molecule has 0 radical (unpaired) electrons. The lowest BCUT2D eigenvalue weighted by molar-refractivity contribution is 0.889. The first-order chi connectivity index (χ1) is 7.61. The lowest BCUT2D eigenvalue weighted by atomic mass is 10.1. The first-order valence-electron chi connectivity index (χ1n) is 5.06.